The molecule has 4 rings (SSSR count). The maximum atomic E-state index is 13.1. The molecule has 0 aliphatic heterocycles. The average molecular weight is 422 g/mol. The first kappa shape index (κ1) is 20.8. The van der Waals surface area contributed by atoms with E-state index in [9.17, 15) is 14.4 Å². The third-order valence-corrected chi connectivity index (χ3v) is 4.92. The van der Waals surface area contributed by atoms with Crippen molar-refractivity contribution in [3.8, 4) is 11.8 Å². The van der Waals surface area contributed by atoms with Gasteiger partial charge in [0, 0.05) is 11.3 Å². The van der Waals surface area contributed by atoms with Crippen molar-refractivity contribution < 1.29 is 13.9 Å². The lowest BCUT2D eigenvalue weighted by molar-refractivity contribution is -0.112. The van der Waals surface area contributed by atoms with Crippen LogP contribution in [0.3, 0.4) is 0 Å². The number of fused-ring (bicyclic) bond motifs is 1. The highest BCUT2D eigenvalue weighted by Gasteiger charge is 2.14. The van der Waals surface area contributed by atoms with Crippen LogP contribution in [-0.4, -0.2) is 5.91 Å². The van der Waals surface area contributed by atoms with Crippen LogP contribution in [0.1, 0.15) is 11.1 Å². The van der Waals surface area contributed by atoms with Gasteiger partial charge in [-0.05, 0) is 52.7 Å². The topological polar surface area (TPSA) is 62.1 Å². The van der Waals surface area contributed by atoms with E-state index in [-0.39, 0.29) is 5.57 Å². The summed E-state index contributed by atoms with van der Waals surface area (Å²) in [6, 6.07) is 28.5. The molecule has 4 aromatic rings. The number of nitrogens with zero attached hydrogens (tertiary/aromatic N) is 1. The smallest absolute Gasteiger partial charge is 0.266 e. The van der Waals surface area contributed by atoms with E-state index < -0.39 is 11.7 Å². The zero-order valence-electron chi connectivity index (χ0n) is 17.1. The third-order valence-electron chi connectivity index (χ3n) is 4.92. The molecule has 0 saturated heterocycles. The van der Waals surface area contributed by atoms with E-state index in [0.29, 0.717) is 23.6 Å². The van der Waals surface area contributed by atoms with Gasteiger partial charge in [-0.3, -0.25) is 4.79 Å². The lowest BCUT2D eigenvalue weighted by Gasteiger charge is -2.13. The molecule has 32 heavy (non-hydrogen) atoms. The van der Waals surface area contributed by atoms with E-state index in [2.05, 4.69) is 5.32 Å². The Morgan fingerprint density at radius 1 is 0.938 bits per heavy atom. The van der Waals surface area contributed by atoms with Crippen molar-refractivity contribution in [2.75, 3.05) is 5.32 Å². The Bertz CT molecular complexity index is 1320. The van der Waals surface area contributed by atoms with Gasteiger partial charge >= 0.3 is 0 Å². The summed E-state index contributed by atoms with van der Waals surface area (Å²) in [4.78, 5) is 12.7. The van der Waals surface area contributed by atoms with Crippen LogP contribution < -0.4 is 10.1 Å². The molecule has 1 N–H and O–H groups in total. The zero-order chi connectivity index (χ0) is 22.3. The van der Waals surface area contributed by atoms with Gasteiger partial charge < -0.3 is 10.1 Å². The van der Waals surface area contributed by atoms with Gasteiger partial charge in [-0.25, -0.2) is 4.39 Å². The van der Waals surface area contributed by atoms with Crippen LogP contribution in [0, 0.1) is 17.1 Å². The molecular weight excluding hydrogens is 403 g/mol. The van der Waals surface area contributed by atoms with Crippen LogP contribution >= 0.6 is 0 Å². The molecule has 0 aliphatic carbocycles. The molecule has 1 amide bonds. The second-order valence-corrected chi connectivity index (χ2v) is 7.10. The summed E-state index contributed by atoms with van der Waals surface area (Å²) in [6.07, 6.45) is 1.53. The molecule has 0 saturated carbocycles. The molecule has 0 heterocycles. The van der Waals surface area contributed by atoms with E-state index in [1.54, 1.807) is 0 Å². The van der Waals surface area contributed by atoms with Crippen LogP contribution in [0.5, 0.6) is 5.75 Å². The Balaban J connectivity index is 1.69. The predicted molar refractivity (Wildman–Crippen MR) is 123 cm³/mol. The van der Waals surface area contributed by atoms with E-state index in [4.69, 9.17) is 4.74 Å². The Labute approximate surface area is 185 Å². The van der Waals surface area contributed by atoms with E-state index in [1.165, 1.54) is 30.3 Å². The van der Waals surface area contributed by atoms with Crippen molar-refractivity contribution in [3.05, 3.63) is 114 Å². The van der Waals surface area contributed by atoms with E-state index in [1.807, 2.05) is 72.8 Å². The molecule has 0 bridgehead atoms. The van der Waals surface area contributed by atoms with Crippen LogP contribution in [0.2, 0.25) is 0 Å². The van der Waals surface area contributed by atoms with Crippen molar-refractivity contribution in [2.45, 2.75) is 6.61 Å². The lowest BCUT2D eigenvalue weighted by Crippen LogP contribution is -2.13. The molecule has 5 heteroatoms. The maximum absolute atomic E-state index is 13.1. The molecule has 4 aromatic carbocycles. The summed E-state index contributed by atoms with van der Waals surface area (Å²) < 4.78 is 19.2. The molecule has 156 valence electrons. The maximum Gasteiger partial charge on any atom is 0.266 e. The molecule has 0 aromatic heterocycles. The van der Waals surface area contributed by atoms with Crippen molar-refractivity contribution >= 4 is 28.4 Å². The number of carbonyl (C=O) groups excluding carboxylic acids is 1. The SMILES string of the molecule is N#CC(=Cc1c(OCc2ccccc2)ccc2ccccc12)C(=O)Nc1ccc(F)cc1. The Morgan fingerprint density at radius 2 is 1.66 bits per heavy atom. The zero-order valence-corrected chi connectivity index (χ0v) is 17.1. The highest BCUT2D eigenvalue weighted by molar-refractivity contribution is 6.11. The fourth-order valence-electron chi connectivity index (χ4n) is 3.31. The largest absolute Gasteiger partial charge is 0.488 e. The highest BCUT2D eigenvalue weighted by atomic mass is 19.1. The second-order valence-electron chi connectivity index (χ2n) is 7.10. The molecule has 0 atom stereocenters. The van der Waals surface area contributed by atoms with Gasteiger partial charge in [-0.2, -0.15) is 5.26 Å². The quantitative estimate of drug-likeness (QED) is 0.301. The second kappa shape index (κ2) is 9.59. The van der Waals surface area contributed by atoms with E-state index in [0.717, 1.165) is 16.3 Å². The highest BCUT2D eigenvalue weighted by Crippen LogP contribution is 2.31. The van der Waals surface area contributed by atoms with Gasteiger partial charge in [0.25, 0.3) is 5.91 Å². The van der Waals surface area contributed by atoms with Crippen LogP contribution in [0.4, 0.5) is 10.1 Å². The van der Waals surface area contributed by atoms with Gasteiger partial charge in [-0.15, -0.1) is 0 Å². The monoisotopic (exact) mass is 422 g/mol. The first-order valence-electron chi connectivity index (χ1n) is 10.0. The van der Waals surface area contributed by atoms with Gasteiger partial charge in [0.2, 0.25) is 0 Å². The summed E-state index contributed by atoms with van der Waals surface area (Å²) in [5, 5.41) is 14.1. The average Bonchev–Trinajstić information content (AvgIpc) is 2.83. The first-order valence-corrected chi connectivity index (χ1v) is 10.0. The summed E-state index contributed by atoms with van der Waals surface area (Å²) in [7, 11) is 0. The Morgan fingerprint density at radius 3 is 2.41 bits per heavy atom. The molecule has 0 fully saturated rings. The number of anilines is 1. The lowest BCUT2D eigenvalue weighted by atomic mass is 10.0. The number of nitriles is 1. The number of carbonyl (C=O) groups is 1. The molecule has 0 radical (unpaired) electrons. The molecule has 0 aliphatic rings. The number of benzene rings is 4. The number of rotatable bonds is 6. The Hall–Kier alpha value is -4.43. The van der Waals surface area contributed by atoms with Crippen LogP contribution in [0.15, 0.2) is 96.6 Å². The first-order chi connectivity index (χ1) is 15.6. The van der Waals surface area contributed by atoms with Gasteiger partial charge in [-0.1, -0.05) is 60.7 Å². The van der Waals surface area contributed by atoms with Crippen molar-refractivity contribution in [1.29, 1.82) is 5.26 Å². The molecule has 4 nitrogen and oxygen atoms in total. The van der Waals surface area contributed by atoms with E-state index >= 15 is 0 Å². The minimum atomic E-state index is -0.582. The number of ether oxygens (including phenoxy) is 1. The Kier molecular flexibility index (Phi) is 6.24. The number of hydrogen-bond donors (Lipinski definition) is 1. The number of hydrogen-bond acceptors (Lipinski definition) is 3. The standard InChI is InChI=1S/C27H19FN2O2/c28-22-11-13-23(14-12-22)30-27(31)21(17-29)16-25-24-9-5-4-8-20(24)10-15-26(25)32-18-19-6-2-1-3-7-19/h1-16H,18H2,(H,30,31). The van der Waals surface area contributed by atoms with Gasteiger partial charge in [0.15, 0.2) is 0 Å². The minimum Gasteiger partial charge on any atom is -0.488 e. The summed E-state index contributed by atoms with van der Waals surface area (Å²) in [6.45, 7) is 0.351. The summed E-state index contributed by atoms with van der Waals surface area (Å²) in [5.74, 6) is -0.425. The van der Waals surface area contributed by atoms with Crippen molar-refractivity contribution in [3.63, 3.8) is 0 Å². The predicted octanol–water partition coefficient (Wildman–Crippen LogP) is 6.10. The van der Waals surface area contributed by atoms with Crippen LogP contribution in [-0.2, 0) is 11.4 Å². The molecule has 0 unspecified atom stereocenters. The summed E-state index contributed by atoms with van der Waals surface area (Å²) in [5.41, 5.74) is 1.96. The minimum absolute atomic E-state index is 0.0877. The fraction of sp³-hybridized carbons (Fsp3) is 0.0370. The van der Waals surface area contributed by atoms with Crippen molar-refractivity contribution in [1.82, 2.24) is 0 Å². The molecule has 0 spiro atoms. The summed E-state index contributed by atoms with van der Waals surface area (Å²) >= 11 is 0. The third kappa shape index (κ3) is 4.82. The van der Waals surface area contributed by atoms with Crippen molar-refractivity contribution in [2.24, 2.45) is 0 Å². The van der Waals surface area contributed by atoms with Gasteiger partial charge in [0.1, 0.15) is 29.8 Å². The van der Waals surface area contributed by atoms with Gasteiger partial charge in [0.05, 0.1) is 0 Å². The molecular formula is C27H19FN2O2. The number of nitrogens with one attached hydrogen (secondary N) is 1. The number of halogens is 1. The number of amides is 1. The normalized spacial score (nSPS) is 11.1. The van der Waals surface area contributed by atoms with Crippen LogP contribution in [0.25, 0.3) is 16.8 Å². The fourth-order valence-corrected chi connectivity index (χ4v) is 3.31.